The van der Waals surface area contributed by atoms with E-state index >= 15 is 0 Å². The summed E-state index contributed by atoms with van der Waals surface area (Å²) in [5.74, 6) is 0.290. The molecule has 2 unspecified atom stereocenters. The molecule has 0 aromatic rings. The summed E-state index contributed by atoms with van der Waals surface area (Å²) in [6, 6.07) is 0.313. The Balaban J connectivity index is 2.36. The van der Waals surface area contributed by atoms with Gasteiger partial charge in [0.15, 0.2) is 0 Å². The van der Waals surface area contributed by atoms with E-state index in [-0.39, 0.29) is 23.8 Å². The van der Waals surface area contributed by atoms with Gasteiger partial charge in [0.05, 0.1) is 0 Å². The molecule has 15 heavy (non-hydrogen) atoms. The number of nitrogens with two attached hydrogens (primary N) is 1. The molecule has 1 amide bonds. The number of rotatable bonds is 5. The van der Waals surface area contributed by atoms with Crippen molar-refractivity contribution in [2.75, 3.05) is 6.54 Å². The smallest absolute Gasteiger partial charge is 0.221 e. The van der Waals surface area contributed by atoms with E-state index in [1.54, 1.807) is 0 Å². The Morgan fingerprint density at radius 1 is 1.87 bits per heavy atom. The molecule has 1 saturated heterocycles. The fourth-order valence-corrected chi connectivity index (χ4v) is 1.67. The number of hydrogen-bond donors (Lipinski definition) is 4. The van der Waals surface area contributed by atoms with Gasteiger partial charge < -0.3 is 21.6 Å². The minimum atomic E-state index is 0.0751. The Hall–Kier alpha value is -1.30. The lowest BCUT2D eigenvalue weighted by atomic mass is 10.1. The number of hydrogen-bond acceptors (Lipinski definition) is 4. The lowest BCUT2D eigenvalue weighted by molar-refractivity contribution is -0.119. The van der Waals surface area contributed by atoms with Crippen LogP contribution in [0.15, 0.2) is 5.16 Å². The van der Waals surface area contributed by atoms with E-state index in [0.29, 0.717) is 19.4 Å². The van der Waals surface area contributed by atoms with E-state index in [1.807, 2.05) is 6.92 Å². The number of amides is 1. The summed E-state index contributed by atoms with van der Waals surface area (Å²) in [4.78, 5) is 11.0. The maximum Gasteiger partial charge on any atom is 0.221 e. The van der Waals surface area contributed by atoms with E-state index in [2.05, 4.69) is 15.8 Å². The summed E-state index contributed by atoms with van der Waals surface area (Å²) in [6.07, 6.45) is 1.88. The van der Waals surface area contributed by atoms with E-state index < -0.39 is 0 Å². The predicted octanol–water partition coefficient (Wildman–Crippen LogP) is -0.620. The maximum absolute atomic E-state index is 11.0. The van der Waals surface area contributed by atoms with Gasteiger partial charge in [-0.25, -0.2) is 0 Å². The summed E-state index contributed by atoms with van der Waals surface area (Å²) in [6.45, 7) is 2.68. The first-order valence-electron chi connectivity index (χ1n) is 5.14. The highest BCUT2D eigenvalue weighted by Crippen LogP contribution is 2.05. The van der Waals surface area contributed by atoms with Crippen LogP contribution >= 0.6 is 0 Å². The number of carbonyl (C=O) groups excluding carboxylic acids is 1. The van der Waals surface area contributed by atoms with Gasteiger partial charge in [0, 0.05) is 31.5 Å². The summed E-state index contributed by atoms with van der Waals surface area (Å²) in [7, 11) is 0. The molecule has 0 radical (unpaired) electrons. The number of nitrogens with zero attached hydrogens (tertiary/aromatic N) is 1. The molecule has 1 heterocycles. The second-order valence-electron chi connectivity index (χ2n) is 3.77. The van der Waals surface area contributed by atoms with Gasteiger partial charge in [0.2, 0.25) is 5.91 Å². The predicted molar refractivity (Wildman–Crippen MR) is 56.7 cm³/mol. The molecule has 1 aliphatic heterocycles. The van der Waals surface area contributed by atoms with Crippen molar-refractivity contribution in [1.29, 1.82) is 0 Å². The van der Waals surface area contributed by atoms with Gasteiger partial charge in [-0.3, -0.25) is 4.79 Å². The first-order chi connectivity index (χ1) is 7.15. The molecule has 5 N–H and O–H groups in total. The quantitative estimate of drug-likeness (QED) is 0.212. The minimum Gasteiger partial charge on any atom is -0.409 e. The van der Waals surface area contributed by atoms with Crippen LogP contribution in [0.2, 0.25) is 0 Å². The zero-order valence-electron chi connectivity index (χ0n) is 8.86. The van der Waals surface area contributed by atoms with Gasteiger partial charge in [0.1, 0.15) is 5.84 Å². The van der Waals surface area contributed by atoms with E-state index in [4.69, 9.17) is 10.9 Å². The van der Waals surface area contributed by atoms with Crippen LogP contribution in [-0.4, -0.2) is 35.6 Å². The van der Waals surface area contributed by atoms with Gasteiger partial charge >= 0.3 is 0 Å². The molecule has 6 nitrogen and oxygen atoms in total. The highest BCUT2D eigenvalue weighted by molar-refractivity contribution is 5.80. The van der Waals surface area contributed by atoms with Crippen LogP contribution in [0.25, 0.3) is 0 Å². The average molecular weight is 214 g/mol. The average Bonchev–Trinajstić information content (AvgIpc) is 2.62. The monoisotopic (exact) mass is 214 g/mol. The molecule has 2 atom stereocenters. The Bertz CT molecular complexity index is 254. The van der Waals surface area contributed by atoms with Crippen LogP contribution in [0.5, 0.6) is 0 Å². The van der Waals surface area contributed by atoms with Crippen molar-refractivity contribution in [3.8, 4) is 0 Å². The van der Waals surface area contributed by atoms with Gasteiger partial charge in [-0.2, -0.15) is 0 Å². The molecule has 0 aromatic carbocycles. The Labute approximate surface area is 88.9 Å². The Kier molecular flexibility index (Phi) is 4.36. The number of nitrogens with one attached hydrogen (secondary N) is 2. The highest BCUT2D eigenvalue weighted by Gasteiger charge is 2.23. The third kappa shape index (κ3) is 3.75. The summed E-state index contributed by atoms with van der Waals surface area (Å²) < 4.78 is 0. The van der Waals surface area contributed by atoms with Crippen LogP contribution < -0.4 is 16.4 Å². The van der Waals surface area contributed by atoms with E-state index in [1.165, 1.54) is 0 Å². The van der Waals surface area contributed by atoms with Crippen LogP contribution in [0.3, 0.4) is 0 Å². The molecule has 86 valence electrons. The van der Waals surface area contributed by atoms with Crippen LogP contribution in [0.4, 0.5) is 0 Å². The lowest BCUT2D eigenvalue weighted by Crippen LogP contribution is -2.41. The zero-order chi connectivity index (χ0) is 11.3. The van der Waals surface area contributed by atoms with Crippen molar-refractivity contribution in [2.45, 2.75) is 38.3 Å². The normalized spacial score (nSPS) is 23.9. The van der Waals surface area contributed by atoms with E-state index in [9.17, 15) is 4.79 Å². The maximum atomic E-state index is 11.0. The van der Waals surface area contributed by atoms with Gasteiger partial charge in [-0.1, -0.05) is 12.1 Å². The standard InChI is InChI=1S/C9H18N4O2/c1-2-6(3-8(10)13-15)12-7-4-9(14)11-5-7/h6-7,12,15H,2-5H2,1H3,(H2,10,13)(H,11,14). The fourth-order valence-electron chi connectivity index (χ4n) is 1.67. The second kappa shape index (κ2) is 5.55. The highest BCUT2D eigenvalue weighted by atomic mass is 16.4. The van der Waals surface area contributed by atoms with Gasteiger partial charge in [-0.15, -0.1) is 0 Å². The summed E-state index contributed by atoms with van der Waals surface area (Å²) in [5.41, 5.74) is 5.43. The van der Waals surface area contributed by atoms with Crippen molar-refractivity contribution >= 4 is 11.7 Å². The second-order valence-corrected chi connectivity index (χ2v) is 3.77. The summed E-state index contributed by atoms with van der Waals surface area (Å²) in [5, 5.41) is 17.4. The molecule has 0 aromatic heterocycles. The molecule has 0 saturated carbocycles. The summed E-state index contributed by atoms with van der Waals surface area (Å²) >= 11 is 0. The number of amidine groups is 1. The van der Waals surface area contributed by atoms with Crippen LogP contribution in [0, 0.1) is 0 Å². The van der Waals surface area contributed by atoms with Gasteiger partial charge in [-0.05, 0) is 6.42 Å². The SMILES string of the molecule is CCC(CC(N)=NO)NC1CNC(=O)C1. The fraction of sp³-hybridized carbons (Fsp3) is 0.778. The number of oxime groups is 1. The van der Waals surface area contributed by atoms with Crippen molar-refractivity contribution in [2.24, 2.45) is 10.9 Å². The first kappa shape index (κ1) is 11.8. The molecule has 0 spiro atoms. The van der Waals surface area contributed by atoms with Crippen LogP contribution in [0.1, 0.15) is 26.2 Å². The van der Waals surface area contributed by atoms with Crippen LogP contribution in [-0.2, 0) is 4.79 Å². The molecule has 0 aliphatic carbocycles. The van der Waals surface area contributed by atoms with Crippen molar-refractivity contribution in [3.05, 3.63) is 0 Å². The molecule has 1 rings (SSSR count). The van der Waals surface area contributed by atoms with Crippen molar-refractivity contribution in [1.82, 2.24) is 10.6 Å². The first-order valence-corrected chi connectivity index (χ1v) is 5.14. The molecular formula is C9H18N4O2. The third-order valence-corrected chi connectivity index (χ3v) is 2.53. The molecule has 1 aliphatic rings. The Morgan fingerprint density at radius 2 is 2.60 bits per heavy atom. The largest absolute Gasteiger partial charge is 0.409 e. The third-order valence-electron chi connectivity index (χ3n) is 2.53. The molecular weight excluding hydrogens is 196 g/mol. The van der Waals surface area contributed by atoms with Crippen molar-refractivity contribution < 1.29 is 10.0 Å². The van der Waals surface area contributed by atoms with Crippen molar-refractivity contribution in [3.63, 3.8) is 0 Å². The van der Waals surface area contributed by atoms with E-state index in [0.717, 1.165) is 6.42 Å². The molecule has 0 bridgehead atoms. The molecule has 1 fully saturated rings. The number of carbonyl (C=O) groups is 1. The Morgan fingerprint density at radius 3 is 3.07 bits per heavy atom. The topological polar surface area (TPSA) is 99.7 Å². The zero-order valence-corrected chi connectivity index (χ0v) is 8.86. The minimum absolute atomic E-state index is 0.0751. The van der Waals surface area contributed by atoms with Gasteiger partial charge in [0.25, 0.3) is 0 Å². The lowest BCUT2D eigenvalue weighted by Gasteiger charge is -2.19. The molecule has 6 heteroatoms.